The number of hydrogen-bond acceptors (Lipinski definition) is 5. The molecule has 0 saturated heterocycles. The second-order valence-corrected chi connectivity index (χ2v) is 7.27. The van der Waals surface area contributed by atoms with Crippen LogP contribution in [0.4, 0.5) is 0 Å². The van der Waals surface area contributed by atoms with Crippen molar-refractivity contribution in [1.29, 1.82) is 0 Å². The van der Waals surface area contributed by atoms with Crippen LogP contribution in [-0.2, 0) is 6.54 Å². The van der Waals surface area contributed by atoms with Gasteiger partial charge in [-0.05, 0) is 12.1 Å². The summed E-state index contributed by atoms with van der Waals surface area (Å²) in [4.78, 5) is 7.02. The Morgan fingerprint density at radius 2 is 2.25 bits per heavy atom. The number of thiazole rings is 1. The maximum absolute atomic E-state index is 6.06. The summed E-state index contributed by atoms with van der Waals surface area (Å²) in [6.45, 7) is 5.19. The largest absolute Gasteiger partial charge is 0.481 e. The van der Waals surface area contributed by atoms with E-state index in [9.17, 15) is 0 Å². The molecule has 0 bridgehead atoms. The Morgan fingerprint density at radius 1 is 1.40 bits per heavy atom. The molecule has 0 spiro atoms. The quantitative estimate of drug-likeness (QED) is 0.930. The lowest BCUT2D eigenvalue weighted by molar-refractivity contribution is 0.220. The molecular formula is C15H18N2OS2. The van der Waals surface area contributed by atoms with Crippen molar-refractivity contribution in [2.75, 3.05) is 5.75 Å². The number of rotatable bonds is 4. The molecule has 5 heteroatoms. The van der Waals surface area contributed by atoms with Crippen LogP contribution in [0.25, 0.3) is 0 Å². The van der Waals surface area contributed by atoms with Crippen molar-refractivity contribution < 1.29 is 4.74 Å². The van der Waals surface area contributed by atoms with Gasteiger partial charge in [0, 0.05) is 34.3 Å². The Bertz CT molecular complexity index is 583. The summed E-state index contributed by atoms with van der Waals surface area (Å²) < 4.78 is 6.06. The van der Waals surface area contributed by atoms with Crippen LogP contribution < -0.4 is 10.1 Å². The summed E-state index contributed by atoms with van der Waals surface area (Å²) in [5, 5.41) is 4.49. The molecule has 106 valence electrons. The molecule has 1 N–H and O–H groups in total. The Kier molecular flexibility index (Phi) is 4.29. The van der Waals surface area contributed by atoms with Crippen molar-refractivity contribution in [2.45, 2.75) is 37.4 Å². The molecule has 3 rings (SSSR count). The van der Waals surface area contributed by atoms with E-state index in [1.54, 1.807) is 11.3 Å². The average molecular weight is 306 g/mol. The van der Waals surface area contributed by atoms with Gasteiger partial charge in [0.15, 0.2) is 6.10 Å². The molecule has 0 radical (unpaired) electrons. The van der Waals surface area contributed by atoms with Crippen molar-refractivity contribution in [1.82, 2.24) is 10.3 Å². The highest BCUT2D eigenvalue weighted by Crippen LogP contribution is 2.40. The topological polar surface area (TPSA) is 34.2 Å². The molecule has 3 nitrogen and oxygen atoms in total. The maximum Gasteiger partial charge on any atom is 0.159 e. The minimum absolute atomic E-state index is 0.0766. The maximum atomic E-state index is 6.06. The number of nitrogens with one attached hydrogen (secondary N) is 1. The van der Waals surface area contributed by atoms with E-state index in [2.05, 4.69) is 36.3 Å². The predicted octanol–water partition coefficient (Wildman–Crippen LogP) is 3.87. The summed E-state index contributed by atoms with van der Waals surface area (Å²) in [6, 6.07) is 8.70. The monoisotopic (exact) mass is 306 g/mol. The van der Waals surface area contributed by atoms with Crippen LogP contribution in [-0.4, -0.2) is 16.8 Å². The molecule has 20 heavy (non-hydrogen) atoms. The van der Waals surface area contributed by atoms with E-state index in [1.165, 1.54) is 9.77 Å². The van der Waals surface area contributed by atoms with E-state index in [-0.39, 0.29) is 6.10 Å². The van der Waals surface area contributed by atoms with E-state index >= 15 is 0 Å². The number of benzene rings is 1. The lowest BCUT2D eigenvalue weighted by Crippen LogP contribution is -2.21. The van der Waals surface area contributed by atoms with Gasteiger partial charge in [-0.1, -0.05) is 26.0 Å². The van der Waals surface area contributed by atoms with Crippen LogP contribution >= 0.6 is 23.1 Å². The van der Waals surface area contributed by atoms with E-state index < -0.39 is 0 Å². The summed E-state index contributed by atoms with van der Waals surface area (Å²) in [5.74, 6) is 1.91. The van der Waals surface area contributed by atoms with Gasteiger partial charge < -0.3 is 10.1 Å². The van der Waals surface area contributed by atoms with Gasteiger partial charge in [-0.25, -0.2) is 4.98 Å². The van der Waals surface area contributed by atoms with Crippen molar-refractivity contribution in [3.05, 3.63) is 40.3 Å². The molecular weight excluding hydrogens is 288 g/mol. The van der Waals surface area contributed by atoms with Crippen molar-refractivity contribution in [2.24, 2.45) is 0 Å². The van der Waals surface area contributed by atoms with Crippen LogP contribution in [0.3, 0.4) is 0 Å². The molecule has 0 aliphatic carbocycles. The van der Waals surface area contributed by atoms with E-state index in [0.717, 1.165) is 23.1 Å². The third-order valence-corrected chi connectivity index (χ3v) is 5.25. The Morgan fingerprint density at radius 3 is 3.10 bits per heavy atom. The number of ether oxygens (including phenoxy) is 1. The van der Waals surface area contributed by atoms with Crippen LogP contribution in [0.1, 0.15) is 29.8 Å². The van der Waals surface area contributed by atoms with E-state index in [1.807, 2.05) is 30.1 Å². The van der Waals surface area contributed by atoms with Gasteiger partial charge in [0.1, 0.15) is 10.8 Å². The first-order valence-electron chi connectivity index (χ1n) is 6.79. The molecule has 1 aromatic carbocycles. The van der Waals surface area contributed by atoms with Crippen molar-refractivity contribution in [3.8, 4) is 5.75 Å². The minimum Gasteiger partial charge on any atom is -0.481 e. The molecule has 2 aromatic rings. The van der Waals surface area contributed by atoms with Crippen LogP contribution in [0.15, 0.2) is 35.4 Å². The molecule has 0 fully saturated rings. The zero-order valence-electron chi connectivity index (χ0n) is 11.6. The molecule has 0 saturated carbocycles. The highest BCUT2D eigenvalue weighted by molar-refractivity contribution is 7.99. The third-order valence-electron chi connectivity index (χ3n) is 3.04. The second kappa shape index (κ2) is 6.16. The van der Waals surface area contributed by atoms with Crippen LogP contribution in [0.5, 0.6) is 5.75 Å². The van der Waals surface area contributed by atoms with Gasteiger partial charge in [0.2, 0.25) is 0 Å². The Balaban J connectivity index is 1.69. The van der Waals surface area contributed by atoms with Gasteiger partial charge in [0.25, 0.3) is 0 Å². The zero-order valence-corrected chi connectivity index (χ0v) is 13.3. The standard InChI is InChI=1S/C15H18N2OS2/c1-10(2)16-7-11-8-17-15(20-11)13-9-19-14-6-4-3-5-12(14)18-13/h3-6,8,10,13,16H,7,9H2,1-2H3. The third kappa shape index (κ3) is 3.16. The van der Waals surface area contributed by atoms with E-state index in [0.29, 0.717) is 6.04 Å². The lowest BCUT2D eigenvalue weighted by Gasteiger charge is -2.23. The van der Waals surface area contributed by atoms with Crippen molar-refractivity contribution >= 4 is 23.1 Å². The molecule has 1 atom stereocenters. The van der Waals surface area contributed by atoms with Crippen molar-refractivity contribution in [3.63, 3.8) is 0 Å². The minimum atomic E-state index is 0.0766. The summed E-state index contributed by atoms with van der Waals surface area (Å²) in [5.41, 5.74) is 0. The first-order chi connectivity index (χ1) is 9.72. The average Bonchev–Trinajstić information content (AvgIpc) is 2.93. The second-order valence-electron chi connectivity index (χ2n) is 5.06. The zero-order chi connectivity index (χ0) is 13.9. The molecule has 1 unspecified atom stereocenters. The van der Waals surface area contributed by atoms with Gasteiger partial charge in [0.05, 0.1) is 0 Å². The summed E-state index contributed by atoms with van der Waals surface area (Å²) >= 11 is 3.59. The SMILES string of the molecule is CC(C)NCc1cnc(C2CSc3ccccc3O2)s1. The van der Waals surface area contributed by atoms with Crippen LogP contribution in [0.2, 0.25) is 0 Å². The molecule has 0 amide bonds. The number of hydrogen-bond donors (Lipinski definition) is 1. The Hall–Kier alpha value is -1.04. The number of fused-ring (bicyclic) bond motifs is 1. The molecule has 1 aliphatic rings. The van der Waals surface area contributed by atoms with E-state index in [4.69, 9.17) is 4.74 Å². The lowest BCUT2D eigenvalue weighted by atomic mass is 10.3. The number of thioether (sulfide) groups is 1. The number of aromatic nitrogens is 1. The van der Waals surface area contributed by atoms with Crippen LogP contribution in [0, 0.1) is 0 Å². The normalized spacial score (nSPS) is 17.9. The molecule has 1 aromatic heterocycles. The number of para-hydroxylation sites is 1. The fourth-order valence-corrected chi connectivity index (χ4v) is 3.99. The Labute approximate surface area is 127 Å². The highest BCUT2D eigenvalue weighted by atomic mass is 32.2. The highest BCUT2D eigenvalue weighted by Gasteiger charge is 2.24. The molecule has 2 heterocycles. The fraction of sp³-hybridized carbons (Fsp3) is 0.400. The smallest absolute Gasteiger partial charge is 0.159 e. The summed E-state index contributed by atoms with van der Waals surface area (Å²) in [6.07, 6.45) is 2.04. The van der Waals surface area contributed by atoms with Gasteiger partial charge >= 0.3 is 0 Å². The predicted molar refractivity (Wildman–Crippen MR) is 84.6 cm³/mol. The van der Waals surface area contributed by atoms with Gasteiger partial charge in [-0.15, -0.1) is 23.1 Å². The molecule has 1 aliphatic heterocycles. The van der Waals surface area contributed by atoms with Gasteiger partial charge in [-0.2, -0.15) is 0 Å². The number of nitrogens with zero attached hydrogens (tertiary/aromatic N) is 1. The summed E-state index contributed by atoms with van der Waals surface area (Å²) in [7, 11) is 0. The van der Waals surface area contributed by atoms with Gasteiger partial charge in [-0.3, -0.25) is 0 Å². The first kappa shape index (κ1) is 13.9. The fourth-order valence-electron chi connectivity index (χ4n) is 2.00. The first-order valence-corrected chi connectivity index (χ1v) is 8.59.